The van der Waals surface area contributed by atoms with Crippen molar-refractivity contribution in [1.29, 1.82) is 0 Å². The van der Waals surface area contributed by atoms with Gasteiger partial charge in [0.15, 0.2) is 6.61 Å². The number of imide groups is 1. The van der Waals surface area contributed by atoms with Gasteiger partial charge in [0.1, 0.15) is 6.04 Å². The summed E-state index contributed by atoms with van der Waals surface area (Å²) < 4.78 is 5.16. The van der Waals surface area contributed by atoms with Gasteiger partial charge in [-0.25, -0.2) is 4.79 Å². The summed E-state index contributed by atoms with van der Waals surface area (Å²) >= 11 is 0. The van der Waals surface area contributed by atoms with E-state index in [-0.39, 0.29) is 34.9 Å². The van der Waals surface area contributed by atoms with Crippen molar-refractivity contribution < 1.29 is 28.8 Å². The van der Waals surface area contributed by atoms with Gasteiger partial charge in [0.2, 0.25) is 17.6 Å². The maximum Gasteiger partial charge on any atom is 0.330 e. The number of rotatable bonds is 7. The zero-order chi connectivity index (χ0) is 22.4. The van der Waals surface area contributed by atoms with Crippen LogP contribution in [-0.2, 0) is 19.1 Å². The molecule has 0 N–H and O–H groups in total. The maximum atomic E-state index is 13.0. The Morgan fingerprint density at radius 2 is 1.77 bits per heavy atom. The number of non-ortho nitro benzene ring substituents is 1. The number of benzene rings is 1. The lowest BCUT2D eigenvalue weighted by Crippen LogP contribution is -2.50. The second kappa shape index (κ2) is 7.72. The molecule has 4 rings (SSSR count). The molecule has 1 aromatic rings. The summed E-state index contributed by atoms with van der Waals surface area (Å²) in [7, 11) is 0. The smallest absolute Gasteiger partial charge is 0.330 e. The first kappa shape index (κ1) is 20.9. The van der Waals surface area contributed by atoms with Crippen molar-refractivity contribution in [2.24, 2.45) is 29.6 Å². The van der Waals surface area contributed by atoms with Gasteiger partial charge >= 0.3 is 5.97 Å². The van der Waals surface area contributed by atoms with Gasteiger partial charge in [-0.1, -0.05) is 38.1 Å². The van der Waals surface area contributed by atoms with E-state index in [0.717, 1.165) is 17.4 Å². The van der Waals surface area contributed by atoms with E-state index in [1.54, 1.807) is 13.8 Å². The molecule has 1 aromatic carbocycles. The van der Waals surface area contributed by atoms with Crippen LogP contribution in [0.4, 0.5) is 5.69 Å². The van der Waals surface area contributed by atoms with Crippen LogP contribution in [0.25, 0.3) is 0 Å². The van der Waals surface area contributed by atoms with E-state index in [4.69, 9.17) is 4.74 Å². The Kier molecular flexibility index (Phi) is 5.20. The van der Waals surface area contributed by atoms with Crippen LogP contribution in [-0.4, -0.2) is 46.0 Å². The Balaban J connectivity index is 1.47. The van der Waals surface area contributed by atoms with Gasteiger partial charge < -0.3 is 4.74 Å². The minimum atomic E-state index is -1.12. The standard InChI is InChI=1S/C22H22N2O7/c1-11(2)19(23-20(26)17-13-6-7-14(8-13)18(17)21(23)27)22(28)31-10-16(25)12-4-3-5-15(9-12)24(29)30/h3-7,9,11,13-14,17-19H,8,10H2,1-2H3/t13-,14-,17-,18+,19+/m0/s1. The monoisotopic (exact) mass is 426 g/mol. The van der Waals surface area contributed by atoms with Crippen LogP contribution >= 0.6 is 0 Å². The molecule has 0 radical (unpaired) electrons. The Morgan fingerprint density at radius 1 is 1.16 bits per heavy atom. The number of nitro benzene ring substituents is 1. The normalized spacial score (nSPS) is 27.0. The van der Waals surface area contributed by atoms with E-state index >= 15 is 0 Å². The van der Waals surface area contributed by atoms with Crippen molar-refractivity contribution in [3.8, 4) is 0 Å². The van der Waals surface area contributed by atoms with Gasteiger partial charge in [-0.3, -0.25) is 29.4 Å². The highest BCUT2D eigenvalue weighted by atomic mass is 16.6. The largest absolute Gasteiger partial charge is 0.456 e. The molecule has 31 heavy (non-hydrogen) atoms. The molecule has 2 aliphatic carbocycles. The molecule has 2 fully saturated rings. The topological polar surface area (TPSA) is 124 Å². The second-order valence-electron chi connectivity index (χ2n) is 8.57. The summed E-state index contributed by atoms with van der Waals surface area (Å²) in [5.74, 6) is -3.37. The van der Waals surface area contributed by atoms with Crippen molar-refractivity contribution in [2.45, 2.75) is 26.3 Å². The Bertz CT molecular complexity index is 985. The number of ether oxygens (including phenoxy) is 1. The third-order valence-corrected chi connectivity index (χ3v) is 6.38. The van der Waals surface area contributed by atoms with E-state index in [0.29, 0.717) is 0 Å². The molecule has 2 amide bonds. The number of hydrogen-bond donors (Lipinski definition) is 0. The number of likely N-dealkylation sites (tertiary alicyclic amines) is 1. The third kappa shape index (κ3) is 3.43. The van der Waals surface area contributed by atoms with Crippen LogP contribution in [0.1, 0.15) is 30.6 Å². The van der Waals surface area contributed by atoms with Crippen LogP contribution < -0.4 is 0 Å². The summed E-state index contributed by atoms with van der Waals surface area (Å²) in [5.41, 5.74) is -0.214. The molecule has 0 unspecified atom stereocenters. The van der Waals surface area contributed by atoms with E-state index in [1.807, 2.05) is 12.2 Å². The van der Waals surface area contributed by atoms with Crippen molar-refractivity contribution in [3.63, 3.8) is 0 Å². The quantitative estimate of drug-likeness (QED) is 0.163. The Morgan fingerprint density at radius 3 is 2.32 bits per heavy atom. The fourth-order valence-corrected chi connectivity index (χ4v) is 4.97. The average Bonchev–Trinajstić information content (AvgIpc) is 3.42. The zero-order valence-electron chi connectivity index (χ0n) is 17.1. The van der Waals surface area contributed by atoms with Crippen molar-refractivity contribution in [1.82, 2.24) is 4.90 Å². The number of amides is 2. The molecule has 5 atom stereocenters. The number of hydrogen-bond acceptors (Lipinski definition) is 7. The van der Waals surface area contributed by atoms with E-state index in [9.17, 15) is 29.3 Å². The van der Waals surface area contributed by atoms with Gasteiger partial charge in [0.05, 0.1) is 16.8 Å². The van der Waals surface area contributed by atoms with Crippen LogP contribution in [0.15, 0.2) is 36.4 Å². The summed E-state index contributed by atoms with van der Waals surface area (Å²) in [4.78, 5) is 62.5. The Hall–Kier alpha value is -3.36. The van der Waals surface area contributed by atoms with Gasteiger partial charge in [0, 0.05) is 17.7 Å². The number of Topliss-reactive ketones (excluding diaryl/α,β-unsaturated/α-hetero) is 1. The predicted octanol–water partition coefficient (Wildman–Crippen LogP) is 2.15. The van der Waals surface area contributed by atoms with Crippen LogP contribution in [0.2, 0.25) is 0 Å². The molecule has 1 saturated heterocycles. The summed E-state index contributed by atoms with van der Waals surface area (Å²) in [6.45, 7) is 2.77. The number of allylic oxidation sites excluding steroid dienone is 2. The van der Waals surface area contributed by atoms with Gasteiger partial charge in [0.25, 0.3) is 5.69 Å². The number of ketones is 1. The summed E-state index contributed by atoms with van der Waals surface area (Å²) in [5, 5.41) is 10.9. The lowest BCUT2D eigenvalue weighted by molar-refractivity contribution is -0.384. The van der Waals surface area contributed by atoms with Gasteiger partial charge in [-0.2, -0.15) is 0 Å². The number of fused-ring (bicyclic) bond motifs is 5. The molecular formula is C22H22N2O7. The number of carbonyl (C=O) groups excluding carboxylic acids is 4. The fourth-order valence-electron chi connectivity index (χ4n) is 4.97. The maximum absolute atomic E-state index is 13.0. The van der Waals surface area contributed by atoms with E-state index in [1.165, 1.54) is 18.2 Å². The van der Waals surface area contributed by atoms with Crippen molar-refractivity contribution in [2.75, 3.05) is 6.61 Å². The minimum Gasteiger partial charge on any atom is -0.456 e. The molecule has 3 aliphatic rings. The van der Waals surface area contributed by atoms with E-state index in [2.05, 4.69) is 0 Å². The summed E-state index contributed by atoms with van der Waals surface area (Å²) in [6.07, 6.45) is 4.73. The number of esters is 1. The highest BCUT2D eigenvalue weighted by Gasteiger charge is 2.61. The van der Waals surface area contributed by atoms with Crippen molar-refractivity contribution in [3.05, 3.63) is 52.1 Å². The number of nitro groups is 1. The summed E-state index contributed by atoms with van der Waals surface area (Å²) in [6, 6.07) is 3.99. The first-order chi connectivity index (χ1) is 14.7. The number of nitrogens with zero attached hydrogens (tertiary/aromatic N) is 2. The van der Waals surface area contributed by atoms with Crippen LogP contribution in [0.3, 0.4) is 0 Å². The molecule has 162 valence electrons. The zero-order valence-corrected chi connectivity index (χ0v) is 17.1. The lowest BCUT2D eigenvalue weighted by Gasteiger charge is -2.28. The fraction of sp³-hybridized carbons (Fsp3) is 0.455. The minimum absolute atomic E-state index is 0.0238. The van der Waals surface area contributed by atoms with Crippen LogP contribution in [0, 0.1) is 39.7 Å². The Labute approximate surface area is 178 Å². The molecule has 9 nitrogen and oxygen atoms in total. The van der Waals surface area contributed by atoms with Crippen molar-refractivity contribution >= 4 is 29.3 Å². The molecule has 1 aliphatic heterocycles. The first-order valence-electron chi connectivity index (χ1n) is 10.2. The SMILES string of the molecule is CC(C)[C@H](C(=O)OCC(=O)c1cccc([N+](=O)[O-])c1)N1C(=O)[C@@H]2[C@H](C1=O)[C@H]1C=C[C@H]2C1. The number of carbonyl (C=O) groups is 4. The van der Waals surface area contributed by atoms with Crippen LogP contribution in [0.5, 0.6) is 0 Å². The molecule has 9 heteroatoms. The highest BCUT2D eigenvalue weighted by Crippen LogP contribution is 2.53. The predicted molar refractivity (Wildman–Crippen MR) is 107 cm³/mol. The van der Waals surface area contributed by atoms with E-state index < -0.39 is 47.1 Å². The average molecular weight is 426 g/mol. The molecular weight excluding hydrogens is 404 g/mol. The molecule has 0 spiro atoms. The molecule has 1 saturated carbocycles. The molecule has 1 heterocycles. The first-order valence-corrected chi connectivity index (χ1v) is 10.2. The lowest BCUT2D eigenvalue weighted by atomic mass is 9.85. The molecule has 0 aromatic heterocycles. The third-order valence-electron chi connectivity index (χ3n) is 6.38. The second-order valence-corrected chi connectivity index (χ2v) is 8.57. The van der Waals surface area contributed by atoms with Gasteiger partial charge in [-0.15, -0.1) is 0 Å². The van der Waals surface area contributed by atoms with Gasteiger partial charge in [-0.05, 0) is 24.2 Å². The highest BCUT2D eigenvalue weighted by molar-refractivity contribution is 6.09. The molecule has 2 bridgehead atoms.